The number of nitrogens with one attached hydrogen (secondary N) is 1. The lowest BCUT2D eigenvalue weighted by molar-refractivity contribution is -0.124. The first kappa shape index (κ1) is 21.4. The molecule has 0 radical (unpaired) electrons. The molecular weight excluding hydrogens is 398 g/mol. The molecule has 1 unspecified atom stereocenters. The van der Waals surface area contributed by atoms with Crippen molar-refractivity contribution in [2.24, 2.45) is 0 Å². The average molecular weight is 419 g/mol. The van der Waals surface area contributed by atoms with E-state index >= 15 is 0 Å². The van der Waals surface area contributed by atoms with Crippen LogP contribution < -0.4 is 26.6 Å². The molecule has 0 aliphatic heterocycles. The van der Waals surface area contributed by atoms with Gasteiger partial charge in [0.1, 0.15) is 17.6 Å². The molecule has 0 spiro atoms. The molecule has 0 fully saturated rings. The highest BCUT2D eigenvalue weighted by Crippen LogP contribution is 2.21. The van der Waals surface area contributed by atoms with Crippen LogP contribution in [-0.4, -0.2) is 28.6 Å². The Hall–Kier alpha value is -4.32. The molecule has 0 saturated heterocycles. The zero-order valence-corrected chi connectivity index (χ0v) is 17.0. The van der Waals surface area contributed by atoms with Gasteiger partial charge in [0, 0.05) is 7.05 Å². The second-order valence-corrected chi connectivity index (χ2v) is 6.83. The maximum absolute atomic E-state index is 12.9. The van der Waals surface area contributed by atoms with E-state index in [1.165, 1.54) is 18.5 Å². The molecule has 0 aliphatic carbocycles. The van der Waals surface area contributed by atoms with Crippen molar-refractivity contribution >= 4 is 17.4 Å². The number of benzene rings is 2. The van der Waals surface area contributed by atoms with Crippen LogP contribution in [0.3, 0.4) is 0 Å². The number of nitrogen functional groups attached to an aromatic ring is 1. The fraction of sp³-hybridized carbons (Fsp3) is 0.182. The van der Waals surface area contributed by atoms with E-state index in [0.29, 0.717) is 0 Å². The van der Waals surface area contributed by atoms with E-state index in [2.05, 4.69) is 4.98 Å². The Morgan fingerprint density at radius 3 is 2.52 bits per heavy atom. The minimum atomic E-state index is -1.02. The quantitative estimate of drug-likeness (QED) is 0.621. The van der Waals surface area contributed by atoms with E-state index in [4.69, 9.17) is 10.5 Å². The summed E-state index contributed by atoms with van der Waals surface area (Å²) in [6.07, 6.45) is -1.02. The monoisotopic (exact) mass is 419 g/mol. The first-order valence-corrected chi connectivity index (χ1v) is 9.43. The number of ether oxygens (including phenoxy) is 1. The fourth-order valence-corrected chi connectivity index (χ4v) is 3.11. The van der Waals surface area contributed by atoms with E-state index in [0.717, 1.165) is 10.5 Å². The summed E-state index contributed by atoms with van der Waals surface area (Å²) in [4.78, 5) is 41.0. The van der Waals surface area contributed by atoms with Crippen molar-refractivity contribution in [1.82, 2.24) is 9.55 Å². The van der Waals surface area contributed by atoms with Crippen LogP contribution in [0.15, 0.2) is 64.2 Å². The number of carbonyl (C=O) groups is 1. The number of nitrogens with zero attached hydrogens (tertiary/aromatic N) is 3. The maximum atomic E-state index is 12.9. The van der Waals surface area contributed by atoms with E-state index < -0.39 is 23.3 Å². The van der Waals surface area contributed by atoms with Gasteiger partial charge in [0.25, 0.3) is 11.5 Å². The molecule has 31 heavy (non-hydrogen) atoms. The third-order valence-electron chi connectivity index (χ3n) is 4.72. The number of anilines is 2. The Kier molecular flexibility index (Phi) is 6.21. The molecule has 3 aromatic rings. The summed E-state index contributed by atoms with van der Waals surface area (Å²) >= 11 is 0. The van der Waals surface area contributed by atoms with Gasteiger partial charge in [-0.05, 0) is 24.6 Å². The molecule has 3 rings (SSSR count). The average Bonchev–Trinajstić information content (AvgIpc) is 2.77. The number of rotatable bonds is 6. The molecule has 0 aliphatic rings. The third-order valence-corrected chi connectivity index (χ3v) is 4.72. The highest BCUT2D eigenvalue weighted by atomic mass is 16.5. The molecule has 9 nitrogen and oxygen atoms in total. The highest BCUT2D eigenvalue weighted by Gasteiger charge is 2.26. The second-order valence-electron chi connectivity index (χ2n) is 6.83. The summed E-state index contributed by atoms with van der Waals surface area (Å²) < 4.78 is 6.82. The normalized spacial score (nSPS) is 11.4. The van der Waals surface area contributed by atoms with E-state index in [1.807, 2.05) is 36.4 Å². The Morgan fingerprint density at radius 2 is 1.84 bits per heavy atom. The summed E-state index contributed by atoms with van der Waals surface area (Å²) in [6.45, 7) is 1.62. The molecular formula is C22H21N5O4. The van der Waals surface area contributed by atoms with Gasteiger partial charge in [-0.25, -0.2) is 4.79 Å². The van der Waals surface area contributed by atoms with E-state index in [9.17, 15) is 19.6 Å². The molecule has 0 bridgehead atoms. The number of H-pyrrole nitrogens is 1. The van der Waals surface area contributed by atoms with Gasteiger partial charge >= 0.3 is 5.69 Å². The van der Waals surface area contributed by atoms with Crippen LogP contribution >= 0.6 is 0 Å². The summed E-state index contributed by atoms with van der Waals surface area (Å²) in [6, 6.07) is 17.6. The highest BCUT2D eigenvalue weighted by molar-refractivity contribution is 5.97. The maximum Gasteiger partial charge on any atom is 0.330 e. The van der Waals surface area contributed by atoms with Gasteiger partial charge in [0.15, 0.2) is 11.8 Å². The smallest absolute Gasteiger partial charge is 0.330 e. The molecule has 3 N–H and O–H groups in total. The number of likely N-dealkylation sites (N-methyl/N-ethyl adjacent to an activating group) is 1. The largest absolute Gasteiger partial charge is 0.479 e. The molecule has 1 amide bonds. The topological polar surface area (TPSA) is 134 Å². The van der Waals surface area contributed by atoms with Crippen molar-refractivity contribution in [3.05, 3.63) is 86.6 Å². The van der Waals surface area contributed by atoms with Gasteiger partial charge < -0.3 is 15.4 Å². The SMILES string of the molecule is CC(Oc1ccccc1C#N)C(=O)N(C)c1c(N)n(Cc2ccccc2)c(=O)[nH]c1=O. The molecule has 1 aromatic heterocycles. The molecule has 158 valence electrons. The number of amides is 1. The second kappa shape index (κ2) is 9.00. The summed E-state index contributed by atoms with van der Waals surface area (Å²) in [5.41, 5.74) is 5.59. The van der Waals surface area contributed by atoms with Crippen LogP contribution in [0.1, 0.15) is 18.1 Å². The molecule has 2 aromatic carbocycles. The standard InChI is InChI=1S/C22H21N5O4/c1-14(31-17-11-7-6-10-16(17)12-23)21(29)26(2)18-19(24)27(22(30)25-20(18)28)13-15-8-4-3-5-9-15/h3-11,14H,13,24H2,1-2H3,(H,25,28,30). The summed E-state index contributed by atoms with van der Waals surface area (Å²) in [5, 5.41) is 9.19. The first-order valence-electron chi connectivity index (χ1n) is 9.43. The predicted molar refractivity (Wildman–Crippen MR) is 116 cm³/mol. The number of nitriles is 1. The zero-order chi connectivity index (χ0) is 22.5. The number of para-hydroxylation sites is 1. The predicted octanol–water partition coefficient (Wildman–Crippen LogP) is 1.47. The van der Waals surface area contributed by atoms with Crippen LogP contribution in [-0.2, 0) is 11.3 Å². The number of hydrogen-bond donors (Lipinski definition) is 2. The van der Waals surface area contributed by atoms with E-state index in [-0.39, 0.29) is 29.4 Å². The van der Waals surface area contributed by atoms with Crippen molar-refractivity contribution in [1.29, 1.82) is 5.26 Å². The Labute approximate surface area is 177 Å². The summed E-state index contributed by atoms with van der Waals surface area (Å²) in [5.74, 6) is -0.469. The lowest BCUT2D eigenvalue weighted by Crippen LogP contribution is -2.43. The third kappa shape index (κ3) is 4.48. The minimum absolute atomic E-state index is 0.124. The van der Waals surface area contributed by atoms with Crippen LogP contribution in [0.4, 0.5) is 11.5 Å². The Balaban J connectivity index is 1.91. The zero-order valence-electron chi connectivity index (χ0n) is 17.0. The van der Waals surface area contributed by atoms with Gasteiger partial charge in [-0.1, -0.05) is 42.5 Å². The van der Waals surface area contributed by atoms with Crippen molar-refractivity contribution in [3.63, 3.8) is 0 Å². The van der Waals surface area contributed by atoms with Crippen LogP contribution in [0.5, 0.6) is 5.75 Å². The number of aromatic amines is 1. The Morgan fingerprint density at radius 1 is 1.19 bits per heavy atom. The van der Waals surface area contributed by atoms with Crippen molar-refractivity contribution < 1.29 is 9.53 Å². The molecule has 0 saturated carbocycles. The fourth-order valence-electron chi connectivity index (χ4n) is 3.11. The van der Waals surface area contributed by atoms with Crippen LogP contribution in [0, 0.1) is 11.3 Å². The van der Waals surface area contributed by atoms with Crippen LogP contribution in [0.2, 0.25) is 0 Å². The molecule has 1 atom stereocenters. The molecule has 9 heteroatoms. The number of carbonyl (C=O) groups excluding carboxylic acids is 1. The van der Waals surface area contributed by atoms with Crippen molar-refractivity contribution in [3.8, 4) is 11.8 Å². The van der Waals surface area contributed by atoms with Gasteiger partial charge in [-0.2, -0.15) is 5.26 Å². The number of nitrogens with two attached hydrogens (primary N) is 1. The van der Waals surface area contributed by atoms with Gasteiger partial charge in [-0.15, -0.1) is 0 Å². The summed E-state index contributed by atoms with van der Waals surface area (Å²) in [7, 11) is 1.37. The van der Waals surface area contributed by atoms with Crippen molar-refractivity contribution in [2.45, 2.75) is 19.6 Å². The lowest BCUT2D eigenvalue weighted by Gasteiger charge is -2.24. The van der Waals surface area contributed by atoms with Gasteiger partial charge in [0.2, 0.25) is 0 Å². The van der Waals surface area contributed by atoms with Crippen LogP contribution in [0.25, 0.3) is 0 Å². The van der Waals surface area contributed by atoms with E-state index in [1.54, 1.807) is 24.3 Å². The Bertz CT molecular complexity index is 1260. The molecule has 1 heterocycles. The van der Waals surface area contributed by atoms with Crippen molar-refractivity contribution in [2.75, 3.05) is 17.7 Å². The van der Waals surface area contributed by atoms with Gasteiger partial charge in [-0.3, -0.25) is 19.1 Å². The van der Waals surface area contributed by atoms with Gasteiger partial charge in [0.05, 0.1) is 12.1 Å². The number of aromatic nitrogens is 2. The minimum Gasteiger partial charge on any atom is -0.479 e. The number of hydrogen-bond acceptors (Lipinski definition) is 6. The lowest BCUT2D eigenvalue weighted by atomic mass is 10.2. The first-order chi connectivity index (χ1) is 14.8.